The Morgan fingerprint density at radius 3 is 2.56 bits per heavy atom. The third kappa shape index (κ3) is 3.47. The number of ketones is 1. The van der Waals surface area contributed by atoms with Crippen molar-refractivity contribution in [2.75, 3.05) is 0 Å². The molecule has 0 N–H and O–H groups in total. The van der Waals surface area contributed by atoms with Crippen molar-refractivity contribution >= 4 is 5.78 Å². The molecule has 0 aliphatic heterocycles. The minimum Gasteiger partial charge on any atom is -0.300 e. The van der Waals surface area contributed by atoms with Crippen LogP contribution in [0, 0.1) is 11.8 Å². The minimum atomic E-state index is 0.488. The average Bonchev–Trinajstić information content (AvgIpc) is 2.30. The van der Waals surface area contributed by atoms with Gasteiger partial charge in [-0.05, 0) is 56.8 Å². The zero-order valence-electron chi connectivity index (χ0n) is 10.5. The molecule has 0 amide bonds. The molecule has 2 rings (SSSR count). The fourth-order valence-electron chi connectivity index (χ4n) is 2.92. The van der Waals surface area contributed by atoms with Crippen LogP contribution in [0.15, 0.2) is 11.6 Å². The molecule has 1 fully saturated rings. The molecule has 1 nitrogen and oxygen atoms in total. The summed E-state index contributed by atoms with van der Waals surface area (Å²) >= 11 is 0. The minimum absolute atomic E-state index is 0.488. The van der Waals surface area contributed by atoms with Crippen molar-refractivity contribution in [1.29, 1.82) is 0 Å². The molecule has 1 atom stereocenters. The molecule has 0 bridgehead atoms. The van der Waals surface area contributed by atoms with Gasteiger partial charge in [-0.3, -0.25) is 4.79 Å². The lowest BCUT2D eigenvalue weighted by molar-refractivity contribution is -0.121. The zero-order chi connectivity index (χ0) is 11.4. The van der Waals surface area contributed by atoms with Crippen LogP contribution < -0.4 is 0 Å². The van der Waals surface area contributed by atoms with E-state index in [-0.39, 0.29) is 0 Å². The monoisotopic (exact) mass is 220 g/mol. The maximum atomic E-state index is 11.1. The van der Waals surface area contributed by atoms with Crippen molar-refractivity contribution in [3.05, 3.63) is 11.6 Å². The lowest BCUT2D eigenvalue weighted by atomic mass is 9.82. The van der Waals surface area contributed by atoms with Gasteiger partial charge in [0, 0.05) is 12.8 Å². The molecule has 1 heteroatoms. The molecule has 16 heavy (non-hydrogen) atoms. The van der Waals surface area contributed by atoms with Crippen LogP contribution in [0.1, 0.15) is 64.7 Å². The summed E-state index contributed by atoms with van der Waals surface area (Å²) in [6.45, 7) is 2.35. The molecule has 2 aliphatic carbocycles. The Bertz CT molecular complexity index is 267. The van der Waals surface area contributed by atoms with E-state index in [0.717, 1.165) is 37.5 Å². The number of rotatable bonds is 3. The van der Waals surface area contributed by atoms with Crippen LogP contribution in [0.4, 0.5) is 0 Å². The second-order valence-corrected chi connectivity index (χ2v) is 5.76. The van der Waals surface area contributed by atoms with Gasteiger partial charge >= 0.3 is 0 Å². The molecule has 90 valence electrons. The first-order valence-corrected chi connectivity index (χ1v) is 6.93. The van der Waals surface area contributed by atoms with Gasteiger partial charge in [0.1, 0.15) is 5.78 Å². The van der Waals surface area contributed by atoms with Gasteiger partial charge in [-0.2, -0.15) is 0 Å². The second-order valence-electron chi connectivity index (χ2n) is 5.76. The van der Waals surface area contributed by atoms with Gasteiger partial charge in [-0.25, -0.2) is 0 Å². The number of hydrogen-bond donors (Lipinski definition) is 0. The second kappa shape index (κ2) is 5.65. The van der Waals surface area contributed by atoms with Gasteiger partial charge in [0.05, 0.1) is 0 Å². The molecular weight excluding hydrogens is 196 g/mol. The topological polar surface area (TPSA) is 17.1 Å². The average molecular weight is 220 g/mol. The number of allylic oxidation sites excluding steroid dienone is 2. The van der Waals surface area contributed by atoms with E-state index in [0.29, 0.717) is 5.78 Å². The summed E-state index contributed by atoms with van der Waals surface area (Å²) < 4.78 is 0. The number of Topliss-reactive ketones (excluding diaryl/α,β-unsaturated/α-hetero) is 1. The molecule has 1 unspecified atom stereocenters. The quantitative estimate of drug-likeness (QED) is 0.649. The highest BCUT2D eigenvalue weighted by Crippen LogP contribution is 2.30. The van der Waals surface area contributed by atoms with Crippen LogP contribution in [-0.4, -0.2) is 5.78 Å². The summed E-state index contributed by atoms with van der Waals surface area (Å²) in [5.74, 6) is 2.22. The molecule has 1 saturated carbocycles. The third-order valence-electron chi connectivity index (χ3n) is 4.30. The maximum Gasteiger partial charge on any atom is 0.132 e. The van der Waals surface area contributed by atoms with E-state index in [1.807, 2.05) is 0 Å². The van der Waals surface area contributed by atoms with E-state index < -0.39 is 0 Å². The molecule has 0 aromatic heterocycles. The Kier molecular flexibility index (Phi) is 4.20. The SMILES string of the molecule is CC1CC=C(CCC2CCC(=O)CC2)CC1. The lowest BCUT2D eigenvalue weighted by Crippen LogP contribution is -2.14. The summed E-state index contributed by atoms with van der Waals surface area (Å²) in [7, 11) is 0. The Labute approximate surface area is 99.3 Å². The summed E-state index contributed by atoms with van der Waals surface area (Å²) in [6.07, 6.45) is 13.1. The fraction of sp³-hybridized carbons (Fsp3) is 0.800. The highest BCUT2D eigenvalue weighted by molar-refractivity contribution is 5.78. The smallest absolute Gasteiger partial charge is 0.132 e. The van der Waals surface area contributed by atoms with E-state index >= 15 is 0 Å². The van der Waals surface area contributed by atoms with Gasteiger partial charge in [-0.15, -0.1) is 0 Å². The maximum absolute atomic E-state index is 11.1. The van der Waals surface area contributed by atoms with Gasteiger partial charge in [0.15, 0.2) is 0 Å². The Balaban J connectivity index is 1.69. The zero-order valence-corrected chi connectivity index (χ0v) is 10.5. The van der Waals surface area contributed by atoms with E-state index in [1.165, 1.54) is 32.1 Å². The van der Waals surface area contributed by atoms with Crippen molar-refractivity contribution in [2.24, 2.45) is 11.8 Å². The predicted molar refractivity (Wildman–Crippen MR) is 67.3 cm³/mol. The van der Waals surface area contributed by atoms with Crippen LogP contribution in [0.25, 0.3) is 0 Å². The van der Waals surface area contributed by atoms with Gasteiger partial charge in [0.25, 0.3) is 0 Å². The summed E-state index contributed by atoms with van der Waals surface area (Å²) in [6, 6.07) is 0. The standard InChI is InChI=1S/C15H24O/c1-12-2-4-13(5-3-12)6-7-14-8-10-15(16)11-9-14/h4,12,14H,2-3,5-11H2,1H3. The molecule has 0 radical (unpaired) electrons. The molecule has 0 spiro atoms. The summed E-state index contributed by atoms with van der Waals surface area (Å²) in [5, 5.41) is 0. The van der Waals surface area contributed by atoms with Crippen molar-refractivity contribution in [3.63, 3.8) is 0 Å². The molecule has 2 aliphatic rings. The van der Waals surface area contributed by atoms with Crippen LogP contribution in [0.2, 0.25) is 0 Å². The Morgan fingerprint density at radius 2 is 1.94 bits per heavy atom. The van der Waals surface area contributed by atoms with Crippen LogP contribution in [0.5, 0.6) is 0 Å². The Hall–Kier alpha value is -0.590. The number of carbonyl (C=O) groups is 1. The molecule has 0 heterocycles. The molecule has 0 aromatic rings. The lowest BCUT2D eigenvalue weighted by Gasteiger charge is -2.23. The number of hydrogen-bond acceptors (Lipinski definition) is 1. The van der Waals surface area contributed by atoms with E-state index in [1.54, 1.807) is 5.57 Å². The van der Waals surface area contributed by atoms with Crippen LogP contribution in [0.3, 0.4) is 0 Å². The fourth-order valence-corrected chi connectivity index (χ4v) is 2.92. The van der Waals surface area contributed by atoms with Gasteiger partial charge < -0.3 is 0 Å². The molecule has 0 aromatic carbocycles. The van der Waals surface area contributed by atoms with Crippen molar-refractivity contribution in [2.45, 2.75) is 64.7 Å². The van der Waals surface area contributed by atoms with Gasteiger partial charge in [-0.1, -0.05) is 18.6 Å². The summed E-state index contributed by atoms with van der Waals surface area (Å²) in [4.78, 5) is 11.1. The predicted octanol–water partition coefficient (Wildman–Crippen LogP) is 4.27. The van der Waals surface area contributed by atoms with Crippen molar-refractivity contribution < 1.29 is 4.79 Å². The largest absolute Gasteiger partial charge is 0.300 e. The first-order valence-electron chi connectivity index (χ1n) is 6.93. The summed E-state index contributed by atoms with van der Waals surface area (Å²) in [5.41, 5.74) is 1.69. The van der Waals surface area contributed by atoms with E-state index in [9.17, 15) is 4.79 Å². The van der Waals surface area contributed by atoms with E-state index in [2.05, 4.69) is 13.0 Å². The van der Waals surface area contributed by atoms with Crippen LogP contribution in [-0.2, 0) is 4.79 Å². The van der Waals surface area contributed by atoms with E-state index in [4.69, 9.17) is 0 Å². The highest BCUT2D eigenvalue weighted by Gasteiger charge is 2.19. The van der Waals surface area contributed by atoms with Gasteiger partial charge in [0.2, 0.25) is 0 Å². The normalized spacial score (nSPS) is 27.9. The third-order valence-corrected chi connectivity index (χ3v) is 4.30. The highest BCUT2D eigenvalue weighted by atomic mass is 16.1. The van der Waals surface area contributed by atoms with Crippen LogP contribution >= 0.6 is 0 Å². The number of carbonyl (C=O) groups excluding carboxylic acids is 1. The van der Waals surface area contributed by atoms with Crippen molar-refractivity contribution in [1.82, 2.24) is 0 Å². The first-order chi connectivity index (χ1) is 7.74. The first kappa shape index (κ1) is 11.9. The van der Waals surface area contributed by atoms with Crippen molar-refractivity contribution in [3.8, 4) is 0 Å². The molecule has 0 saturated heterocycles. The molecular formula is C15H24O. The Morgan fingerprint density at radius 1 is 1.19 bits per heavy atom.